The summed E-state index contributed by atoms with van der Waals surface area (Å²) in [6.07, 6.45) is 1.62. The minimum absolute atomic E-state index is 0.185. The maximum absolute atomic E-state index is 12.5. The number of aryl methyl sites for hydroxylation is 3. The molecule has 6 heteroatoms. The number of hydrogen-bond donors (Lipinski definition) is 0. The van der Waals surface area contributed by atoms with Crippen molar-refractivity contribution in [2.75, 3.05) is 13.6 Å². The highest BCUT2D eigenvalue weighted by molar-refractivity contribution is 7.89. The van der Waals surface area contributed by atoms with Gasteiger partial charge in [0.1, 0.15) is 10.6 Å². The fourth-order valence-electron chi connectivity index (χ4n) is 2.27. The van der Waals surface area contributed by atoms with Crippen molar-refractivity contribution in [3.05, 3.63) is 47.3 Å². The molecule has 1 aromatic heterocycles. The number of benzene rings is 1. The van der Waals surface area contributed by atoms with E-state index in [2.05, 4.69) is 5.16 Å². The van der Waals surface area contributed by atoms with Gasteiger partial charge >= 0.3 is 0 Å². The Balaban J connectivity index is 2.01. The molecule has 1 heterocycles. The van der Waals surface area contributed by atoms with Crippen molar-refractivity contribution in [1.82, 2.24) is 9.46 Å². The summed E-state index contributed by atoms with van der Waals surface area (Å²) in [4.78, 5) is 0.185. The largest absolute Gasteiger partial charge is 0.360 e. The lowest BCUT2D eigenvalue weighted by Crippen LogP contribution is -2.29. The molecule has 0 amide bonds. The first-order valence-electron chi connectivity index (χ1n) is 6.86. The van der Waals surface area contributed by atoms with Gasteiger partial charge in [-0.2, -0.15) is 0 Å². The van der Waals surface area contributed by atoms with Crippen molar-refractivity contribution in [2.45, 2.75) is 31.6 Å². The number of sulfonamides is 1. The van der Waals surface area contributed by atoms with E-state index in [0.717, 1.165) is 12.8 Å². The van der Waals surface area contributed by atoms with Gasteiger partial charge in [-0.15, -0.1) is 0 Å². The van der Waals surface area contributed by atoms with Gasteiger partial charge < -0.3 is 4.52 Å². The van der Waals surface area contributed by atoms with Crippen LogP contribution in [0.5, 0.6) is 0 Å². The molecule has 2 aromatic rings. The van der Waals surface area contributed by atoms with Gasteiger partial charge in [-0.05, 0) is 32.3 Å². The van der Waals surface area contributed by atoms with Crippen LogP contribution in [-0.4, -0.2) is 31.5 Å². The van der Waals surface area contributed by atoms with E-state index in [4.69, 9.17) is 4.52 Å². The van der Waals surface area contributed by atoms with Crippen LogP contribution in [0.3, 0.4) is 0 Å². The van der Waals surface area contributed by atoms with E-state index in [-0.39, 0.29) is 4.90 Å². The van der Waals surface area contributed by atoms with E-state index in [1.54, 1.807) is 20.9 Å². The van der Waals surface area contributed by atoms with Crippen molar-refractivity contribution < 1.29 is 12.9 Å². The van der Waals surface area contributed by atoms with Crippen molar-refractivity contribution >= 4 is 10.0 Å². The van der Waals surface area contributed by atoms with Crippen LogP contribution < -0.4 is 0 Å². The molecule has 0 aliphatic carbocycles. The van der Waals surface area contributed by atoms with Crippen molar-refractivity contribution in [3.8, 4) is 0 Å². The molecule has 0 atom stereocenters. The molecule has 0 bridgehead atoms. The van der Waals surface area contributed by atoms with Crippen LogP contribution in [0, 0.1) is 13.8 Å². The first-order valence-corrected chi connectivity index (χ1v) is 8.30. The van der Waals surface area contributed by atoms with Crippen molar-refractivity contribution in [3.63, 3.8) is 0 Å². The fourth-order valence-corrected chi connectivity index (χ4v) is 3.76. The van der Waals surface area contributed by atoms with Gasteiger partial charge in [-0.3, -0.25) is 0 Å². The van der Waals surface area contributed by atoms with Gasteiger partial charge in [-0.1, -0.05) is 35.5 Å². The lowest BCUT2D eigenvalue weighted by atomic mass is 10.1. The van der Waals surface area contributed by atoms with Crippen molar-refractivity contribution in [2.24, 2.45) is 0 Å². The molecule has 0 unspecified atom stereocenters. The zero-order valence-electron chi connectivity index (χ0n) is 12.5. The lowest BCUT2D eigenvalue weighted by Gasteiger charge is -2.16. The van der Waals surface area contributed by atoms with Crippen LogP contribution in [-0.2, 0) is 16.4 Å². The minimum Gasteiger partial charge on any atom is -0.360 e. The Morgan fingerprint density at radius 1 is 1.19 bits per heavy atom. The highest BCUT2D eigenvalue weighted by Gasteiger charge is 2.28. The van der Waals surface area contributed by atoms with Crippen molar-refractivity contribution in [1.29, 1.82) is 0 Å². The zero-order chi connectivity index (χ0) is 15.5. The van der Waals surface area contributed by atoms with Crippen LogP contribution in [0.1, 0.15) is 23.4 Å². The van der Waals surface area contributed by atoms with Gasteiger partial charge in [0, 0.05) is 13.6 Å². The lowest BCUT2D eigenvalue weighted by molar-refractivity contribution is 0.389. The predicted octanol–water partition coefficient (Wildman–Crippen LogP) is 2.54. The van der Waals surface area contributed by atoms with E-state index in [9.17, 15) is 8.42 Å². The van der Waals surface area contributed by atoms with Crippen LogP contribution in [0.15, 0.2) is 39.8 Å². The normalized spacial score (nSPS) is 12.0. The van der Waals surface area contributed by atoms with Gasteiger partial charge in [0.2, 0.25) is 10.0 Å². The molecule has 0 spiro atoms. The van der Waals surface area contributed by atoms with Gasteiger partial charge in [-0.25, -0.2) is 12.7 Å². The van der Waals surface area contributed by atoms with Crippen LogP contribution in [0.4, 0.5) is 0 Å². The second-order valence-electron chi connectivity index (χ2n) is 5.07. The second kappa shape index (κ2) is 6.41. The average molecular weight is 308 g/mol. The molecule has 0 saturated carbocycles. The number of rotatable bonds is 6. The highest BCUT2D eigenvalue weighted by Crippen LogP contribution is 2.22. The fraction of sp³-hybridized carbons (Fsp3) is 0.400. The Bertz CT molecular complexity index is 673. The first kappa shape index (κ1) is 15.7. The summed E-state index contributed by atoms with van der Waals surface area (Å²) in [6, 6.07) is 10.0. The summed E-state index contributed by atoms with van der Waals surface area (Å²) < 4.78 is 31.3. The van der Waals surface area contributed by atoms with Crippen LogP contribution >= 0.6 is 0 Å². The molecular formula is C15H20N2O3S. The summed E-state index contributed by atoms with van der Waals surface area (Å²) in [6.45, 7) is 3.72. The highest BCUT2D eigenvalue weighted by atomic mass is 32.2. The Hall–Kier alpha value is -1.66. The predicted molar refractivity (Wildman–Crippen MR) is 80.6 cm³/mol. The van der Waals surface area contributed by atoms with E-state index in [1.165, 1.54) is 9.87 Å². The Kier molecular flexibility index (Phi) is 4.80. The molecule has 0 aliphatic rings. The standard InChI is InChI=1S/C15H20N2O3S/c1-12-15(13(2)20-16-12)21(18,19)17(3)11-7-10-14-8-5-4-6-9-14/h4-6,8-9H,7,10-11H2,1-3H3. The van der Waals surface area contributed by atoms with Gasteiger partial charge in [0.25, 0.3) is 0 Å². The van der Waals surface area contributed by atoms with Gasteiger partial charge in [0.05, 0.1) is 0 Å². The third-order valence-corrected chi connectivity index (χ3v) is 5.52. The van der Waals surface area contributed by atoms with E-state index >= 15 is 0 Å². The Morgan fingerprint density at radius 2 is 1.86 bits per heavy atom. The minimum atomic E-state index is -3.53. The molecule has 0 fully saturated rings. The topological polar surface area (TPSA) is 63.4 Å². The first-order chi connectivity index (χ1) is 9.93. The second-order valence-corrected chi connectivity index (χ2v) is 7.05. The molecule has 5 nitrogen and oxygen atoms in total. The number of hydrogen-bond acceptors (Lipinski definition) is 4. The maximum Gasteiger partial charge on any atom is 0.248 e. The third kappa shape index (κ3) is 3.51. The van der Waals surface area contributed by atoms with E-state index < -0.39 is 10.0 Å². The molecule has 114 valence electrons. The molecule has 0 aliphatic heterocycles. The summed E-state index contributed by atoms with van der Waals surface area (Å²) in [5, 5.41) is 3.71. The number of nitrogens with zero attached hydrogens (tertiary/aromatic N) is 2. The molecule has 1 aromatic carbocycles. The average Bonchev–Trinajstić information content (AvgIpc) is 2.79. The summed E-state index contributed by atoms with van der Waals surface area (Å²) >= 11 is 0. The number of aromatic nitrogens is 1. The van der Waals surface area contributed by atoms with Crippen LogP contribution in [0.2, 0.25) is 0 Å². The van der Waals surface area contributed by atoms with E-state index in [0.29, 0.717) is 18.0 Å². The molecule has 0 N–H and O–H groups in total. The monoisotopic (exact) mass is 308 g/mol. The Labute approximate surface area is 125 Å². The smallest absolute Gasteiger partial charge is 0.248 e. The Morgan fingerprint density at radius 3 is 2.43 bits per heavy atom. The summed E-state index contributed by atoms with van der Waals surface area (Å²) in [5.74, 6) is 0.336. The van der Waals surface area contributed by atoms with Crippen LogP contribution in [0.25, 0.3) is 0 Å². The molecule has 0 radical (unpaired) electrons. The molecular weight excluding hydrogens is 288 g/mol. The van der Waals surface area contributed by atoms with E-state index in [1.807, 2.05) is 30.3 Å². The third-order valence-electron chi connectivity index (χ3n) is 3.42. The molecule has 21 heavy (non-hydrogen) atoms. The quantitative estimate of drug-likeness (QED) is 0.822. The summed E-state index contributed by atoms with van der Waals surface area (Å²) in [5.41, 5.74) is 1.61. The zero-order valence-corrected chi connectivity index (χ0v) is 13.4. The summed E-state index contributed by atoms with van der Waals surface area (Å²) in [7, 11) is -1.94. The molecule has 2 rings (SSSR count). The SMILES string of the molecule is Cc1noc(C)c1S(=O)(=O)N(C)CCCc1ccccc1. The van der Waals surface area contributed by atoms with Gasteiger partial charge in [0.15, 0.2) is 5.76 Å². The molecule has 0 saturated heterocycles. The maximum atomic E-state index is 12.5.